The van der Waals surface area contributed by atoms with Crippen LogP contribution < -0.4 is 4.74 Å². The number of hydrogen-bond donors (Lipinski definition) is 0. The summed E-state index contributed by atoms with van der Waals surface area (Å²) in [6.45, 7) is 1.10. The molecule has 1 aromatic heterocycles. The highest BCUT2D eigenvalue weighted by atomic mass is 16.5. The average Bonchev–Trinajstić information content (AvgIpc) is 2.82. The lowest BCUT2D eigenvalue weighted by atomic mass is 10.1. The summed E-state index contributed by atoms with van der Waals surface area (Å²) in [5.74, 6) is 0.286. The summed E-state index contributed by atoms with van der Waals surface area (Å²) in [6, 6.07) is 3.55. The van der Waals surface area contributed by atoms with E-state index in [1.165, 1.54) is 7.11 Å². The third-order valence-corrected chi connectivity index (χ3v) is 4.29. The lowest BCUT2D eigenvalue weighted by Crippen LogP contribution is -2.46. The maximum absolute atomic E-state index is 12.9. The predicted octanol–water partition coefficient (Wildman–Crippen LogP) is 1.11. The standard InChI is InChI=1S/C15H20N2O4/c1-19-13-11-5-6-12(13)21-9-8-17(11)15(18)10-4-3-7-16-14(10)20-2/h3-4,7,11-13H,5-6,8-9H2,1-2H3/t11-,12-,13+/m0/s1. The Kier molecular flexibility index (Phi) is 4.07. The van der Waals surface area contributed by atoms with Gasteiger partial charge in [0, 0.05) is 19.9 Å². The Morgan fingerprint density at radius 2 is 2.29 bits per heavy atom. The monoisotopic (exact) mass is 292 g/mol. The molecule has 0 radical (unpaired) electrons. The highest BCUT2D eigenvalue weighted by molar-refractivity contribution is 5.96. The first-order chi connectivity index (χ1) is 10.3. The van der Waals surface area contributed by atoms with E-state index < -0.39 is 0 Å². The SMILES string of the molecule is COc1ncccc1C(=O)N1CCO[C@H]2CC[C@H]1[C@H]2OC. The molecule has 0 aromatic carbocycles. The van der Waals surface area contributed by atoms with Crippen LogP contribution in [0.2, 0.25) is 0 Å². The molecule has 2 aliphatic rings. The van der Waals surface area contributed by atoms with Crippen molar-refractivity contribution >= 4 is 5.91 Å². The molecule has 1 aliphatic heterocycles. The zero-order chi connectivity index (χ0) is 14.8. The molecule has 1 aromatic rings. The van der Waals surface area contributed by atoms with Gasteiger partial charge in [-0.05, 0) is 25.0 Å². The summed E-state index contributed by atoms with van der Waals surface area (Å²) in [7, 11) is 3.20. The predicted molar refractivity (Wildman–Crippen MR) is 75.4 cm³/mol. The van der Waals surface area contributed by atoms with Crippen molar-refractivity contribution in [2.75, 3.05) is 27.4 Å². The summed E-state index contributed by atoms with van der Waals surface area (Å²) >= 11 is 0. The zero-order valence-corrected chi connectivity index (χ0v) is 12.3. The lowest BCUT2D eigenvalue weighted by molar-refractivity contribution is -0.0316. The van der Waals surface area contributed by atoms with Gasteiger partial charge in [0.25, 0.3) is 5.91 Å². The molecule has 2 bridgehead atoms. The van der Waals surface area contributed by atoms with E-state index in [0.29, 0.717) is 24.6 Å². The Hall–Kier alpha value is -1.66. The largest absolute Gasteiger partial charge is 0.480 e. The van der Waals surface area contributed by atoms with Crippen molar-refractivity contribution in [3.63, 3.8) is 0 Å². The van der Waals surface area contributed by atoms with Crippen molar-refractivity contribution in [2.45, 2.75) is 31.1 Å². The zero-order valence-electron chi connectivity index (χ0n) is 12.3. The van der Waals surface area contributed by atoms with Gasteiger partial charge in [-0.25, -0.2) is 4.98 Å². The van der Waals surface area contributed by atoms with Crippen LogP contribution in [0.15, 0.2) is 18.3 Å². The van der Waals surface area contributed by atoms with Gasteiger partial charge >= 0.3 is 0 Å². The number of nitrogens with zero attached hydrogens (tertiary/aromatic N) is 2. The van der Waals surface area contributed by atoms with Crippen molar-refractivity contribution in [1.29, 1.82) is 0 Å². The van der Waals surface area contributed by atoms with Crippen molar-refractivity contribution in [2.24, 2.45) is 0 Å². The van der Waals surface area contributed by atoms with Crippen LogP contribution in [0.25, 0.3) is 0 Å². The number of fused-ring (bicyclic) bond motifs is 2. The van der Waals surface area contributed by atoms with E-state index in [1.54, 1.807) is 25.4 Å². The molecule has 0 N–H and O–H groups in total. The normalized spacial score (nSPS) is 28.3. The number of hydrogen-bond acceptors (Lipinski definition) is 5. The smallest absolute Gasteiger partial charge is 0.259 e. The number of amides is 1. The Bertz CT molecular complexity index is 522. The van der Waals surface area contributed by atoms with E-state index in [1.807, 2.05) is 4.90 Å². The summed E-state index contributed by atoms with van der Waals surface area (Å²) in [4.78, 5) is 18.8. The van der Waals surface area contributed by atoms with Gasteiger partial charge < -0.3 is 19.1 Å². The van der Waals surface area contributed by atoms with Crippen molar-refractivity contribution < 1.29 is 19.0 Å². The lowest BCUT2D eigenvalue weighted by Gasteiger charge is -2.30. The van der Waals surface area contributed by atoms with Crippen LogP contribution in [0.5, 0.6) is 5.88 Å². The maximum atomic E-state index is 12.9. The second-order valence-electron chi connectivity index (χ2n) is 5.31. The van der Waals surface area contributed by atoms with E-state index in [2.05, 4.69) is 4.98 Å². The van der Waals surface area contributed by atoms with Gasteiger partial charge in [-0.15, -0.1) is 0 Å². The summed E-state index contributed by atoms with van der Waals surface area (Å²) < 4.78 is 16.6. The van der Waals surface area contributed by atoms with Crippen LogP contribution in [0.3, 0.4) is 0 Å². The number of carbonyl (C=O) groups is 1. The van der Waals surface area contributed by atoms with Crippen LogP contribution in [0.1, 0.15) is 23.2 Å². The molecule has 21 heavy (non-hydrogen) atoms. The molecule has 0 unspecified atom stereocenters. The number of rotatable bonds is 3. The van der Waals surface area contributed by atoms with Crippen molar-refractivity contribution in [3.05, 3.63) is 23.9 Å². The summed E-state index contributed by atoms with van der Waals surface area (Å²) in [6.07, 6.45) is 3.48. The highest BCUT2D eigenvalue weighted by Gasteiger charge is 2.44. The summed E-state index contributed by atoms with van der Waals surface area (Å²) in [5, 5.41) is 0. The van der Waals surface area contributed by atoms with E-state index in [-0.39, 0.29) is 24.2 Å². The minimum absolute atomic E-state index is 0.0555. The van der Waals surface area contributed by atoms with Crippen LogP contribution in [-0.4, -0.2) is 61.4 Å². The van der Waals surface area contributed by atoms with Gasteiger partial charge in [-0.2, -0.15) is 0 Å². The number of carbonyl (C=O) groups excluding carboxylic acids is 1. The number of ether oxygens (including phenoxy) is 3. The minimum Gasteiger partial charge on any atom is -0.480 e. The van der Waals surface area contributed by atoms with Gasteiger partial charge in [-0.3, -0.25) is 4.79 Å². The fraction of sp³-hybridized carbons (Fsp3) is 0.600. The minimum atomic E-state index is -0.0712. The Balaban J connectivity index is 1.89. The Morgan fingerprint density at radius 3 is 3.05 bits per heavy atom. The number of pyridine rings is 1. The molecule has 1 aliphatic carbocycles. The molecule has 2 heterocycles. The van der Waals surface area contributed by atoms with Gasteiger partial charge in [0.1, 0.15) is 11.7 Å². The van der Waals surface area contributed by atoms with E-state index in [9.17, 15) is 4.79 Å². The molecule has 1 amide bonds. The van der Waals surface area contributed by atoms with Crippen LogP contribution in [0.4, 0.5) is 0 Å². The highest BCUT2D eigenvalue weighted by Crippen LogP contribution is 2.33. The Labute approximate surface area is 124 Å². The molecule has 2 fully saturated rings. The first kappa shape index (κ1) is 14.3. The van der Waals surface area contributed by atoms with Gasteiger partial charge in [0.2, 0.25) is 5.88 Å². The molecule has 1 saturated carbocycles. The molecule has 114 valence electrons. The summed E-state index contributed by atoms with van der Waals surface area (Å²) in [5.41, 5.74) is 0.486. The van der Waals surface area contributed by atoms with Gasteiger partial charge in [0.05, 0.1) is 25.9 Å². The van der Waals surface area contributed by atoms with Crippen LogP contribution in [0, 0.1) is 0 Å². The molecule has 0 spiro atoms. The second kappa shape index (κ2) is 5.99. The van der Waals surface area contributed by atoms with Crippen molar-refractivity contribution in [3.8, 4) is 5.88 Å². The third-order valence-electron chi connectivity index (χ3n) is 4.29. The molecule has 3 rings (SSSR count). The van der Waals surface area contributed by atoms with E-state index in [0.717, 1.165) is 12.8 Å². The second-order valence-corrected chi connectivity index (χ2v) is 5.31. The fourth-order valence-electron chi connectivity index (χ4n) is 3.32. The first-order valence-corrected chi connectivity index (χ1v) is 7.20. The molecular weight excluding hydrogens is 272 g/mol. The molecule has 6 nitrogen and oxygen atoms in total. The van der Waals surface area contributed by atoms with Crippen LogP contribution >= 0.6 is 0 Å². The number of aromatic nitrogens is 1. The number of methoxy groups -OCH3 is 2. The molecule has 3 atom stereocenters. The fourth-order valence-corrected chi connectivity index (χ4v) is 3.32. The van der Waals surface area contributed by atoms with Gasteiger partial charge in [-0.1, -0.05) is 0 Å². The van der Waals surface area contributed by atoms with Gasteiger partial charge in [0.15, 0.2) is 0 Å². The quantitative estimate of drug-likeness (QED) is 0.835. The average molecular weight is 292 g/mol. The molecular formula is C15H20N2O4. The third kappa shape index (κ3) is 2.49. The maximum Gasteiger partial charge on any atom is 0.259 e. The van der Waals surface area contributed by atoms with Crippen molar-refractivity contribution in [1.82, 2.24) is 9.88 Å². The Morgan fingerprint density at radius 1 is 1.43 bits per heavy atom. The first-order valence-electron chi connectivity index (χ1n) is 7.20. The van der Waals surface area contributed by atoms with E-state index >= 15 is 0 Å². The molecule has 1 saturated heterocycles. The topological polar surface area (TPSA) is 60.9 Å². The molecule has 6 heteroatoms. The van der Waals surface area contributed by atoms with Crippen LogP contribution in [-0.2, 0) is 9.47 Å². The van der Waals surface area contributed by atoms with E-state index in [4.69, 9.17) is 14.2 Å².